The van der Waals surface area contributed by atoms with Gasteiger partial charge < -0.3 is 10.2 Å². The first-order valence-electron chi connectivity index (χ1n) is 8.45. The van der Waals surface area contributed by atoms with E-state index in [0.717, 1.165) is 5.56 Å². The lowest BCUT2D eigenvalue weighted by molar-refractivity contribution is -0.136. The number of carbonyl (C=O) groups excluding carboxylic acids is 2. The largest absolute Gasteiger partial charge is 0.344 e. The Morgan fingerprint density at radius 2 is 1.83 bits per heavy atom. The van der Waals surface area contributed by atoms with Crippen molar-refractivity contribution >= 4 is 11.8 Å². The molecule has 130 valence electrons. The number of hydrogen-bond donors (Lipinski definition) is 1. The molecule has 4 nitrogen and oxygen atoms in total. The van der Waals surface area contributed by atoms with Crippen molar-refractivity contribution in [2.45, 2.75) is 50.6 Å². The minimum absolute atomic E-state index is 0.0895. The van der Waals surface area contributed by atoms with Gasteiger partial charge in [-0.15, -0.1) is 0 Å². The van der Waals surface area contributed by atoms with Crippen LogP contribution in [0.25, 0.3) is 0 Å². The summed E-state index contributed by atoms with van der Waals surface area (Å²) >= 11 is 0. The van der Waals surface area contributed by atoms with Crippen molar-refractivity contribution in [1.29, 1.82) is 0 Å². The van der Waals surface area contributed by atoms with E-state index in [1.165, 1.54) is 0 Å². The molecule has 0 radical (unpaired) electrons. The molecule has 2 fully saturated rings. The topological polar surface area (TPSA) is 49.4 Å². The van der Waals surface area contributed by atoms with Crippen molar-refractivity contribution in [3.8, 4) is 0 Å². The third kappa shape index (κ3) is 3.91. The van der Waals surface area contributed by atoms with Gasteiger partial charge in [0, 0.05) is 31.8 Å². The van der Waals surface area contributed by atoms with Gasteiger partial charge in [0.25, 0.3) is 0 Å². The molecule has 1 saturated heterocycles. The molecule has 0 unspecified atom stereocenters. The maximum atomic E-state index is 13.2. The first-order chi connectivity index (χ1) is 11.4. The van der Waals surface area contributed by atoms with Crippen LogP contribution in [0.5, 0.6) is 0 Å². The van der Waals surface area contributed by atoms with Gasteiger partial charge in [-0.25, -0.2) is 8.78 Å². The summed E-state index contributed by atoms with van der Waals surface area (Å²) in [6.45, 7) is 1.13. The highest BCUT2D eigenvalue weighted by molar-refractivity contribution is 5.89. The van der Waals surface area contributed by atoms with Crippen LogP contribution in [0.4, 0.5) is 8.78 Å². The van der Waals surface area contributed by atoms with E-state index in [9.17, 15) is 18.4 Å². The van der Waals surface area contributed by atoms with Gasteiger partial charge in [0.05, 0.1) is 0 Å². The summed E-state index contributed by atoms with van der Waals surface area (Å²) in [4.78, 5) is 26.4. The van der Waals surface area contributed by atoms with Crippen LogP contribution in [0.1, 0.15) is 37.7 Å². The van der Waals surface area contributed by atoms with Crippen LogP contribution in [-0.4, -0.2) is 35.2 Å². The number of hydrogen-bond acceptors (Lipinski definition) is 2. The van der Waals surface area contributed by atoms with Crippen molar-refractivity contribution in [3.63, 3.8) is 0 Å². The first kappa shape index (κ1) is 16.9. The van der Waals surface area contributed by atoms with E-state index in [2.05, 4.69) is 5.32 Å². The van der Waals surface area contributed by atoms with Gasteiger partial charge in [-0.05, 0) is 24.8 Å². The number of rotatable bonds is 4. The summed E-state index contributed by atoms with van der Waals surface area (Å²) in [6.07, 6.45) is 0.453. The van der Waals surface area contributed by atoms with Gasteiger partial charge in [-0.1, -0.05) is 30.3 Å². The molecule has 1 saturated carbocycles. The molecule has 6 heteroatoms. The number of amides is 2. The lowest BCUT2D eigenvalue weighted by Crippen LogP contribution is -2.45. The summed E-state index contributed by atoms with van der Waals surface area (Å²) in [5.41, 5.74) is 1.05. The molecule has 3 rings (SSSR count). The average molecular weight is 336 g/mol. The summed E-state index contributed by atoms with van der Waals surface area (Å²) in [6, 6.07) is 9.17. The van der Waals surface area contributed by atoms with E-state index < -0.39 is 17.9 Å². The lowest BCUT2D eigenvalue weighted by atomic mass is 9.86. The van der Waals surface area contributed by atoms with Gasteiger partial charge in [-0.3, -0.25) is 9.59 Å². The average Bonchev–Trinajstić information content (AvgIpc) is 2.89. The highest BCUT2D eigenvalue weighted by Gasteiger charge is 2.39. The number of benzene rings is 1. The molecule has 1 atom stereocenters. The fourth-order valence-corrected chi connectivity index (χ4v) is 3.43. The zero-order valence-corrected chi connectivity index (χ0v) is 13.5. The molecule has 1 N–H and O–H groups in total. The Labute approximate surface area is 140 Å². The molecular weight excluding hydrogens is 314 g/mol. The number of halogens is 2. The number of carbonyl (C=O) groups is 2. The third-order valence-electron chi connectivity index (χ3n) is 4.92. The summed E-state index contributed by atoms with van der Waals surface area (Å²) in [5.74, 6) is -3.40. The van der Waals surface area contributed by atoms with Gasteiger partial charge >= 0.3 is 0 Å². The van der Waals surface area contributed by atoms with Crippen LogP contribution in [0.2, 0.25) is 0 Å². The van der Waals surface area contributed by atoms with E-state index >= 15 is 0 Å². The zero-order chi connectivity index (χ0) is 17.2. The molecule has 1 aromatic carbocycles. The SMILES string of the molecule is O=C(N[C@H]1CCN(Cc2ccccc2)C1=O)C1CCC(F)(F)CC1. The van der Waals surface area contributed by atoms with Crippen LogP contribution in [0, 0.1) is 5.92 Å². The van der Waals surface area contributed by atoms with Crippen molar-refractivity contribution in [2.75, 3.05) is 6.54 Å². The number of nitrogens with one attached hydrogen (secondary N) is 1. The Morgan fingerprint density at radius 3 is 2.50 bits per heavy atom. The van der Waals surface area contributed by atoms with Crippen molar-refractivity contribution in [3.05, 3.63) is 35.9 Å². The Hall–Kier alpha value is -1.98. The minimum atomic E-state index is -2.65. The predicted molar refractivity (Wildman–Crippen MR) is 85.3 cm³/mol. The molecule has 1 aromatic rings. The Bertz CT molecular complexity index is 596. The highest BCUT2D eigenvalue weighted by atomic mass is 19.3. The second kappa shape index (κ2) is 6.87. The molecule has 0 spiro atoms. The second-order valence-electron chi connectivity index (χ2n) is 6.73. The van der Waals surface area contributed by atoms with Gasteiger partial charge in [0.15, 0.2) is 0 Å². The van der Waals surface area contributed by atoms with Crippen molar-refractivity contribution < 1.29 is 18.4 Å². The maximum absolute atomic E-state index is 13.2. The Kier molecular flexibility index (Phi) is 4.83. The van der Waals surface area contributed by atoms with E-state index in [-0.39, 0.29) is 37.5 Å². The van der Waals surface area contributed by atoms with E-state index in [0.29, 0.717) is 19.5 Å². The van der Waals surface area contributed by atoms with Crippen molar-refractivity contribution in [1.82, 2.24) is 10.2 Å². The Morgan fingerprint density at radius 1 is 1.17 bits per heavy atom. The maximum Gasteiger partial charge on any atom is 0.248 e. The van der Waals surface area contributed by atoms with Crippen molar-refractivity contribution in [2.24, 2.45) is 5.92 Å². The second-order valence-corrected chi connectivity index (χ2v) is 6.73. The molecule has 1 aliphatic carbocycles. The van der Waals surface area contributed by atoms with E-state index in [4.69, 9.17) is 0 Å². The van der Waals surface area contributed by atoms with Crippen LogP contribution >= 0.6 is 0 Å². The monoisotopic (exact) mass is 336 g/mol. The third-order valence-corrected chi connectivity index (χ3v) is 4.92. The molecule has 2 aliphatic rings. The summed E-state index contributed by atoms with van der Waals surface area (Å²) in [5, 5.41) is 2.77. The van der Waals surface area contributed by atoms with Crippen LogP contribution < -0.4 is 5.32 Å². The molecule has 0 bridgehead atoms. The van der Waals surface area contributed by atoms with Gasteiger partial charge in [-0.2, -0.15) is 0 Å². The quantitative estimate of drug-likeness (QED) is 0.919. The van der Waals surface area contributed by atoms with E-state index in [1.54, 1.807) is 4.90 Å². The fraction of sp³-hybridized carbons (Fsp3) is 0.556. The lowest BCUT2D eigenvalue weighted by Gasteiger charge is -2.28. The van der Waals surface area contributed by atoms with Crippen LogP contribution in [0.3, 0.4) is 0 Å². The first-order valence-corrected chi connectivity index (χ1v) is 8.45. The predicted octanol–water partition coefficient (Wildman–Crippen LogP) is 2.73. The number of nitrogens with zero attached hydrogens (tertiary/aromatic N) is 1. The summed E-state index contributed by atoms with van der Waals surface area (Å²) in [7, 11) is 0. The smallest absolute Gasteiger partial charge is 0.248 e. The van der Waals surface area contributed by atoms with Gasteiger partial charge in [0.1, 0.15) is 6.04 Å². The molecule has 24 heavy (non-hydrogen) atoms. The highest BCUT2D eigenvalue weighted by Crippen LogP contribution is 2.36. The standard InChI is InChI=1S/C18H22F2N2O2/c19-18(20)9-6-14(7-10-18)16(23)21-15-8-11-22(17(15)24)12-13-4-2-1-3-5-13/h1-5,14-15H,6-12H2,(H,21,23)/t15-/m0/s1. The Balaban J connectivity index is 1.51. The zero-order valence-electron chi connectivity index (χ0n) is 13.5. The fourth-order valence-electron chi connectivity index (χ4n) is 3.43. The van der Waals surface area contributed by atoms with Crippen LogP contribution in [-0.2, 0) is 16.1 Å². The van der Waals surface area contributed by atoms with Crippen LogP contribution in [0.15, 0.2) is 30.3 Å². The molecule has 1 heterocycles. The number of alkyl halides is 2. The molecular formula is C18H22F2N2O2. The molecule has 2 amide bonds. The van der Waals surface area contributed by atoms with E-state index in [1.807, 2.05) is 30.3 Å². The molecule has 1 aliphatic heterocycles. The minimum Gasteiger partial charge on any atom is -0.344 e. The summed E-state index contributed by atoms with van der Waals surface area (Å²) < 4.78 is 26.3. The number of likely N-dealkylation sites (tertiary alicyclic amines) is 1. The molecule has 0 aromatic heterocycles. The normalized spacial score (nSPS) is 24.2. The van der Waals surface area contributed by atoms with Gasteiger partial charge in [0.2, 0.25) is 17.7 Å².